The van der Waals surface area contributed by atoms with E-state index in [0.717, 1.165) is 10.8 Å². The van der Waals surface area contributed by atoms with Gasteiger partial charge in [0.25, 0.3) is 5.91 Å². The number of aromatic nitrogens is 6. The Morgan fingerprint density at radius 1 is 1.12 bits per heavy atom. The van der Waals surface area contributed by atoms with Crippen LogP contribution >= 0.6 is 0 Å². The highest BCUT2D eigenvalue weighted by molar-refractivity contribution is 5.97. The number of nitrogens with one attached hydrogen (secondary N) is 1. The number of carbonyl (C=O) groups excluding carboxylic acids is 1. The molecule has 0 saturated heterocycles. The van der Waals surface area contributed by atoms with Crippen LogP contribution in [0.4, 0.5) is 8.78 Å². The van der Waals surface area contributed by atoms with Crippen molar-refractivity contribution in [3.8, 4) is 17.4 Å². The van der Waals surface area contributed by atoms with Crippen LogP contribution in [0.3, 0.4) is 0 Å². The van der Waals surface area contributed by atoms with E-state index in [1.807, 2.05) is 24.3 Å². The number of benzene rings is 1. The number of amides is 1. The van der Waals surface area contributed by atoms with Crippen LogP contribution < -0.4 is 10.1 Å². The molecule has 4 aromatic heterocycles. The van der Waals surface area contributed by atoms with Gasteiger partial charge in [-0.15, -0.1) is 15.3 Å². The molecule has 1 amide bonds. The van der Waals surface area contributed by atoms with Crippen LogP contribution in [0.2, 0.25) is 0 Å². The van der Waals surface area contributed by atoms with Crippen molar-refractivity contribution < 1.29 is 27.6 Å². The van der Waals surface area contributed by atoms with Gasteiger partial charge in [0.2, 0.25) is 17.6 Å². The van der Waals surface area contributed by atoms with E-state index in [0.29, 0.717) is 40.1 Å². The first kappa shape index (κ1) is 25.7. The van der Waals surface area contributed by atoms with Gasteiger partial charge in [0, 0.05) is 49.0 Å². The van der Waals surface area contributed by atoms with E-state index in [-0.39, 0.29) is 50.8 Å². The predicted octanol–water partition coefficient (Wildman–Crippen LogP) is 4.36. The van der Waals surface area contributed by atoms with Crippen molar-refractivity contribution in [2.75, 3.05) is 7.11 Å². The van der Waals surface area contributed by atoms with Gasteiger partial charge in [-0.05, 0) is 31.0 Å². The molecule has 0 unspecified atom stereocenters. The highest BCUT2D eigenvalue weighted by Crippen LogP contribution is 2.33. The van der Waals surface area contributed by atoms with Crippen molar-refractivity contribution in [1.29, 1.82) is 0 Å². The van der Waals surface area contributed by atoms with Crippen LogP contribution in [-0.4, -0.2) is 54.9 Å². The maximum atomic E-state index is 13.4. The Morgan fingerprint density at radius 2 is 1.93 bits per heavy atom. The molecule has 1 aliphatic carbocycles. The van der Waals surface area contributed by atoms with Crippen LogP contribution in [-0.2, 0) is 18.0 Å². The first-order chi connectivity index (χ1) is 19.4. The minimum Gasteiger partial charge on any atom is -0.470 e. The summed E-state index contributed by atoms with van der Waals surface area (Å²) in [5.41, 5.74) is 1.90. The van der Waals surface area contributed by atoms with Crippen molar-refractivity contribution >= 4 is 22.3 Å². The Labute approximate surface area is 226 Å². The summed E-state index contributed by atoms with van der Waals surface area (Å²) in [6, 6.07) is 12.3. The molecule has 0 bridgehead atoms. The van der Waals surface area contributed by atoms with Crippen molar-refractivity contribution in [3.05, 3.63) is 65.7 Å². The predicted molar refractivity (Wildman–Crippen MR) is 138 cm³/mol. The fourth-order valence-corrected chi connectivity index (χ4v) is 4.69. The lowest BCUT2D eigenvalue weighted by Crippen LogP contribution is -2.40. The molecule has 0 spiro atoms. The normalized spacial score (nSPS) is 15.5. The lowest BCUT2D eigenvalue weighted by molar-refractivity contribution is -0.0399. The first-order valence-corrected chi connectivity index (χ1v) is 12.8. The van der Waals surface area contributed by atoms with Crippen LogP contribution in [0.15, 0.2) is 53.2 Å². The molecule has 206 valence electrons. The molecular weight excluding hydrogens is 524 g/mol. The lowest BCUT2D eigenvalue weighted by Gasteiger charge is -2.28. The van der Waals surface area contributed by atoms with E-state index in [1.165, 1.54) is 6.20 Å². The van der Waals surface area contributed by atoms with Crippen molar-refractivity contribution in [3.63, 3.8) is 0 Å². The van der Waals surface area contributed by atoms with Gasteiger partial charge in [-0.1, -0.05) is 23.4 Å². The van der Waals surface area contributed by atoms with Crippen LogP contribution in [0.1, 0.15) is 47.5 Å². The smallest absolute Gasteiger partial charge is 0.253 e. The second-order valence-electron chi connectivity index (χ2n) is 9.65. The van der Waals surface area contributed by atoms with Crippen molar-refractivity contribution in [2.45, 2.75) is 50.9 Å². The molecule has 1 saturated carbocycles. The van der Waals surface area contributed by atoms with Crippen LogP contribution in [0.25, 0.3) is 27.9 Å². The van der Waals surface area contributed by atoms with E-state index in [1.54, 1.807) is 29.8 Å². The Balaban J connectivity index is 1.19. The molecule has 0 aliphatic heterocycles. The molecule has 1 aliphatic rings. The number of fused-ring (bicyclic) bond motifs is 3. The van der Waals surface area contributed by atoms with E-state index < -0.39 is 5.92 Å². The second kappa shape index (κ2) is 10.6. The largest absolute Gasteiger partial charge is 0.470 e. The van der Waals surface area contributed by atoms with Gasteiger partial charge in [0.15, 0.2) is 17.1 Å². The number of hydrogen-bond donors (Lipinski definition) is 1. The number of methoxy groups -OCH3 is 1. The van der Waals surface area contributed by atoms with Crippen LogP contribution in [0.5, 0.6) is 5.88 Å². The summed E-state index contributed by atoms with van der Waals surface area (Å²) in [5, 5.41) is 21.6. The van der Waals surface area contributed by atoms with Gasteiger partial charge < -0.3 is 19.3 Å². The Bertz CT molecular complexity index is 1660. The van der Waals surface area contributed by atoms with Crippen LogP contribution in [0, 0.1) is 0 Å². The fraction of sp³-hybridized carbons (Fsp3) is 0.333. The number of ether oxygens (including phenoxy) is 2. The summed E-state index contributed by atoms with van der Waals surface area (Å²) in [4.78, 5) is 16.9. The van der Waals surface area contributed by atoms with E-state index in [2.05, 4.69) is 30.8 Å². The number of alkyl halides is 2. The zero-order valence-electron chi connectivity index (χ0n) is 21.5. The third-order valence-electron chi connectivity index (χ3n) is 6.80. The average Bonchev–Trinajstić information content (AvgIpc) is 3.60. The van der Waals surface area contributed by atoms with Gasteiger partial charge in [-0.2, -0.15) is 4.52 Å². The van der Waals surface area contributed by atoms with Gasteiger partial charge in [-0.3, -0.25) is 9.78 Å². The number of hydrogen-bond acceptors (Lipinski definition) is 9. The maximum Gasteiger partial charge on any atom is 0.253 e. The average molecular weight is 550 g/mol. The monoisotopic (exact) mass is 549 g/mol. The topological polar surface area (TPSA) is 130 Å². The number of pyridine rings is 1. The van der Waals surface area contributed by atoms with E-state index in [4.69, 9.17) is 14.0 Å². The standard InChI is InChI=1S/C27H25F2N7O4/c1-38-15-19-12-22(35-40-19)24-33-32-23-20-4-2-3-5-21(20)26(34-36(23)24)39-14-18-7-6-16(13-30-18)25(37)31-17-8-10-27(28,29)11-9-17/h2-7,12-13,17H,8-11,14-15H2,1H3,(H,31,37). The van der Waals surface area contributed by atoms with Crippen molar-refractivity contribution in [1.82, 2.24) is 35.3 Å². The Hall–Kier alpha value is -4.52. The highest BCUT2D eigenvalue weighted by Gasteiger charge is 2.35. The molecule has 1 N–H and O–H groups in total. The highest BCUT2D eigenvalue weighted by atomic mass is 19.3. The molecule has 0 atom stereocenters. The van der Waals surface area contributed by atoms with E-state index in [9.17, 15) is 13.6 Å². The summed E-state index contributed by atoms with van der Waals surface area (Å²) in [6.45, 7) is 0.350. The number of carbonyl (C=O) groups is 1. The molecule has 1 fully saturated rings. The summed E-state index contributed by atoms with van der Waals surface area (Å²) < 4.78 is 44.8. The summed E-state index contributed by atoms with van der Waals surface area (Å²) in [7, 11) is 1.56. The summed E-state index contributed by atoms with van der Waals surface area (Å²) in [5.74, 6) is -1.73. The lowest BCUT2D eigenvalue weighted by atomic mass is 9.92. The first-order valence-electron chi connectivity index (χ1n) is 12.8. The maximum absolute atomic E-state index is 13.4. The van der Waals surface area contributed by atoms with E-state index >= 15 is 0 Å². The van der Waals surface area contributed by atoms with Gasteiger partial charge in [-0.25, -0.2) is 8.78 Å². The van der Waals surface area contributed by atoms with Gasteiger partial charge >= 0.3 is 0 Å². The molecule has 11 nitrogen and oxygen atoms in total. The van der Waals surface area contributed by atoms with Crippen molar-refractivity contribution in [2.24, 2.45) is 0 Å². The third-order valence-corrected chi connectivity index (χ3v) is 6.80. The molecule has 40 heavy (non-hydrogen) atoms. The summed E-state index contributed by atoms with van der Waals surface area (Å²) in [6.07, 6.45) is 1.52. The molecule has 4 heterocycles. The quantitative estimate of drug-likeness (QED) is 0.300. The molecule has 6 rings (SSSR count). The molecule has 0 radical (unpaired) electrons. The molecule has 1 aromatic carbocycles. The number of nitrogens with zero attached hydrogens (tertiary/aromatic N) is 6. The van der Waals surface area contributed by atoms with Gasteiger partial charge in [0.1, 0.15) is 13.2 Å². The third kappa shape index (κ3) is 5.19. The second-order valence-corrected chi connectivity index (χ2v) is 9.65. The molecule has 5 aromatic rings. The zero-order chi connectivity index (χ0) is 27.7. The fourth-order valence-electron chi connectivity index (χ4n) is 4.69. The Kier molecular flexibility index (Phi) is 6.80. The number of rotatable bonds is 8. The molecule has 13 heteroatoms. The minimum atomic E-state index is -2.64. The SMILES string of the molecule is COCc1cc(-c2nnc3c4ccccc4c(OCc4ccc(C(=O)NC5CCC(F)(F)CC5)cn4)nn23)no1. The number of halogens is 2. The van der Waals surface area contributed by atoms with Gasteiger partial charge in [0.05, 0.1) is 11.3 Å². The minimum absolute atomic E-state index is 0.0848. The zero-order valence-corrected chi connectivity index (χ0v) is 21.5. The summed E-state index contributed by atoms with van der Waals surface area (Å²) >= 11 is 0. The molecular formula is C27H25F2N7O4. The Morgan fingerprint density at radius 3 is 2.67 bits per heavy atom.